The van der Waals surface area contributed by atoms with Crippen molar-refractivity contribution in [1.82, 2.24) is 25.0 Å². The van der Waals surface area contributed by atoms with E-state index in [1.807, 2.05) is 19.2 Å². The van der Waals surface area contributed by atoms with E-state index in [1.165, 1.54) is 11.9 Å². The van der Waals surface area contributed by atoms with Crippen LogP contribution >= 0.6 is 12.2 Å². The molecule has 6 nitrogen and oxygen atoms in total. The maximum absolute atomic E-state index is 5.62. The summed E-state index contributed by atoms with van der Waals surface area (Å²) >= 11 is 5.52. The molecule has 7 heteroatoms. The summed E-state index contributed by atoms with van der Waals surface area (Å²) in [5.41, 5.74) is 2.19. The molecule has 1 aromatic heterocycles. The van der Waals surface area contributed by atoms with Crippen LogP contribution in [-0.2, 0) is 4.74 Å². The van der Waals surface area contributed by atoms with Crippen LogP contribution in [0.4, 0.5) is 0 Å². The van der Waals surface area contributed by atoms with E-state index in [9.17, 15) is 0 Å². The number of nitrogens with one attached hydrogen (secondary N) is 1. The van der Waals surface area contributed by atoms with Crippen LogP contribution in [0.3, 0.4) is 0 Å². The lowest BCUT2D eigenvalue weighted by Crippen LogP contribution is -2.41. The van der Waals surface area contributed by atoms with Gasteiger partial charge in [-0.25, -0.2) is 9.67 Å². The molecule has 1 saturated heterocycles. The van der Waals surface area contributed by atoms with Gasteiger partial charge in [-0.3, -0.25) is 0 Å². The van der Waals surface area contributed by atoms with Gasteiger partial charge < -0.3 is 15.0 Å². The lowest BCUT2D eigenvalue weighted by atomic mass is 10.1. The summed E-state index contributed by atoms with van der Waals surface area (Å²) in [4.78, 5) is 6.05. The van der Waals surface area contributed by atoms with Crippen molar-refractivity contribution in [3.05, 3.63) is 42.5 Å². The Balaban J connectivity index is 1.57. The SMILES string of the molecule is C[C@H](c1ccc(-n2cncn2)cc1)N(C)C(=S)NC[C@H]1CCCO1. The van der Waals surface area contributed by atoms with Crippen LogP contribution in [-0.4, -0.2) is 51.1 Å². The van der Waals surface area contributed by atoms with Crippen molar-refractivity contribution < 1.29 is 4.74 Å². The number of hydrogen-bond donors (Lipinski definition) is 1. The van der Waals surface area contributed by atoms with Gasteiger partial charge in [0.25, 0.3) is 0 Å². The van der Waals surface area contributed by atoms with Crippen molar-refractivity contribution in [3.63, 3.8) is 0 Å². The molecule has 1 aliphatic rings. The zero-order valence-electron chi connectivity index (χ0n) is 14.1. The van der Waals surface area contributed by atoms with Crippen LogP contribution in [0.5, 0.6) is 0 Å². The Labute approximate surface area is 147 Å². The van der Waals surface area contributed by atoms with Gasteiger partial charge in [-0.2, -0.15) is 5.10 Å². The van der Waals surface area contributed by atoms with Gasteiger partial charge in [0, 0.05) is 20.2 Å². The van der Waals surface area contributed by atoms with E-state index < -0.39 is 0 Å². The number of benzene rings is 1. The largest absolute Gasteiger partial charge is 0.376 e. The molecule has 24 heavy (non-hydrogen) atoms. The maximum Gasteiger partial charge on any atom is 0.169 e. The predicted molar refractivity (Wildman–Crippen MR) is 97.1 cm³/mol. The van der Waals surface area contributed by atoms with E-state index in [2.05, 4.69) is 39.4 Å². The van der Waals surface area contributed by atoms with Gasteiger partial charge in [0.15, 0.2) is 5.11 Å². The van der Waals surface area contributed by atoms with Crippen LogP contribution in [0.25, 0.3) is 5.69 Å². The summed E-state index contributed by atoms with van der Waals surface area (Å²) in [5.74, 6) is 0. The van der Waals surface area contributed by atoms with Gasteiger partial charge in [-0.1, -0.05) is 12.1 Å². The topological polar surface area (TPSA) is 55.2 Å². The summed E-state index contributed by atoms with van der Waals surface area (Å²) in [6.45, 7) is 3.79. The van der Waals surface area contributed by atoms with Gasteiger partial charge in [0.1, 0.15) is 12.7 Å². The highest BCUT2D eigenvalue weighted by molar-refractivity contribution is 7.80. The summed E-state index contributed by atoms with van der Waals surface area (Å²) < 4.78 is 7.36. The Kier molecular flexibility index (Phi) is 5.42. The fraction of sp³-hybridized carbons (Fsp3) is 0.471. The molecule has 0 saturated carbocycles. The number of ether oxygens (including phenoxy) is 1. The first-order chi connectivity index (χ1) is 11.6. The van der Waals surface area contributed by atoms with Gasteiger partial charge >= 0.3 is 0 Å². The van der Waals surface area contributed by atoms with E-state index >= 15 is 0 Å². The molecule has 0 amide bonds. The van der Waals surface area contributed by atoms with Crippen LogP contribution < -0.4 is 5.32 Å². The first kappa shape index (κ1) is 16.9. The molecule has 3 rings (SSSR count). The lowest BCUT2D eigenvalue weighted by molar-refractivity contribution is 0.113. The summed E-state index contributed by atoms with van der Waals surface area (Å²) in [5, 5.41) is 8.21. The zero-order chi connectivity index (χ0) is 16.9. The molecule has 1 aromatic carbocycles. The van der Waals surface area contributed by atoms with E-state index in [-0.39, 0.29) is 12.1 Å². The Morgan fingerprint density at radius 1 is 1.46 bits per heavy atom. The molecule has 1 fully saturated rings. The number of hydrogen-bond acceptors (Lipinski definition) is 4. The Bertz CT molecular complexity index is 652. The van der Waals surface area contributed by atoms with Crippen LogP contribution in [0.15, 0.2) is 36.9 Å². The second-order valence-electron chi connectivity index (χ2n) is 6.04. The predicted octanol–water partition coefficient (Wildman–Crippen LogP) is 2.31. The lowest BCUT2D eigenvalue weighted by Gasteiger charge is -2.29. The maximum atomic E-state index is 5.62. The van der Waals surface area contributed by atoms with Gasteiger partial charge in [0.05, 0.1) is 17.8 Å². The van der Waals surface area contributed by atoms with Crippen LogP contribution in [0.2, 0.25) is 0 Å². The smallest absolute Gasteiger partial charge is 0.169 e. The van der Waals surface area contributed by atoms with E-state index in [1.54, 1.807) is 11.0 Å². The second-order valence-corrected chi connectivity index (χ2v) is 6.43. The molecule has 0 spiro atoms. The molecule has 0 aliphatic carbocycles. The number of thiocarbonyl (C=S) groups is 1. The molecule has 2 aromatic rings. The normalized spacial score (nSPS) is 18.3. The van der Waals surface area contributed by atoms with Gasteiger partial charge in [-0.15, -0.1) is 0 Å². The van der Waals surface area contributed by atoms with Crippen molar-refractivity contribution in [1.29, 1.82) is 0 Å². The van der Waals surface area contributed by atoms with E-state index in [0.717, 1.165) is 36.8 Å². The van der Waals surface area contributed by atoms with E-state index in [0.29, 0.717) is 0 Å². The molecule has 2 heterocycles. The minimum Gasteiger partial charge on any atom is -0.376 e. The number of rotatable bonds is 5. The van der Waals surface area contributed by atoms with E-state index in [4.69, 9.17) is 17.0 Å². The zero-order valence-corrected chi connectivity index (χ0v) is 14.9. The average Bonchev–Trinajstić information content (AvgIpc) is 3.32. The number of nitrogens with zero attached hydrogens (tertiary/aromatic N) is 4. The van der Waals surface area contributed by atoms with Crippen molar-refractivity contribution in [2.75, 3.05) is 20.2 Å². The first-order valence-electron chi connectivity index (χ1n) is 8.22. The van der Waals surface area contributed by atoms with Gasteiger partial charge in [0.2, 0.25) is 0 Å². The quantitative estimate of drug-likeness (QED) is 0.840. The molecule has 0 unspecified atom stereocenters. The average molecular weight is 345 g/mol. The van der Waals surface area contributed by atoms with Crippen molar-refractivity contribution >= 4 is 17.3 Å². The molecule has 0 bridgehead atoms. The third-order valence-electron chi connectivity index (χ3n) is 4.47. The third-order valence-corrected chi connectivity index (χ3v) is 4.90. The molecule has 1 aliphatic heterocycles. The highest BCUT2D eigenvalue weighted by Crippen LogP contribution is 2.20. The third kappa shape index (κ3) is 3.91. The molecule has 2 atom stereocenters. The Hall–Kier alpha value is -1.99. The monoisotopic (exact) mass is 345 g/mol. The Morgan fingerprint density at radius 3 is 2.88 bits per heavy atom. The standard InChI is InChI=1S/C17H23N5OS/c1-13(21(2)17(24)19-10-16-4-3-9-23-16)14-5-7-15(8-6-14)22-12-18-11-20-22/h5-8,11-13,16H,3-4,9-10H2,1-2H3,(H,19,24)/t13-,16-/m1/s1. The van der Waals surface area contributed by atoms with Crippen LogP contribution in [0.1, 0.15) is 31.4 Å². The molecule has 0 radical (unpaired) electrons. The molecule has 1 N–H and O–H groups in total. The summed E-state index contributed by atoms with van der Waals surface area (Å²) in [7, 11) is 2.01. The molecular formula is C17H23N5OS. The highest BCUT2D eigenvalue weighted by atomic mass is 32.1. The summed E-state index contributed by atoms with van der Waals surface area (Å²) in [6.07, 6.45) is 5.76. The second kappa shape index (κ2) is 7.72. The molecule has 128 valence electrons. The van der Waals surface area contributed by atoms with Crippen LogP contribution in [0, 0.1) is 0 Å². The molecular weight excluding hydrogens is 322 g/mol. The Morgan fingerprint density at radius 2 is 2.25 bits per heavy atom. The van der Waals surface area contributed by atoms with Gasteiger partial charge in [-0.05, 0) is 49.7 Å². The highest BCUT2D eigenvalue weighted by Gasteiger charge is 2.18. The van der Waals surface area contributed by atoms with Crippen molar-refractivity contribution in [2.45, 2.75) is 31.9 Å². The van der Waals surface area contributed by atoms with Crippen molar-refractivity contribution in [2.24, 2.45) is 0 Å². The first-order valence-corrected chi connectivity index (χ1v) is 8.63. The summed E-state index contributed by atoms with van der Waals surface area (Å²) in [6, 6.07) is 8.45. The fourth-order valence-electron chi connectivity index (χ4n) is 2.78. The van der Waals surface area contributed by atoms with Crippen molar-refractivity contribution in [3.8, 4) is 5.69 Å². The fourth-order valence-corrected chi connectivity index (χ4v) is 3.02. The minimum absolute atomic E-state index is 0.180. The minimum atomic E-state index is 0.180. The number of aromatic nitrogens is 3.